The lowest BCUT2D eigenvalue weighted by Gasteiger charge is -2.08. The SMILES string of the molecule is CC(N)Cc1cccc2ccccc12.CC=O. The Morgan fingerprint density at radius 3 is 2.41 bits per heavy atom. The minimum Gasteiger partial charge on any atom is -0.328 e. The highest BCUT2D eigenvalue weighted by molar-refractivity contribution is 5.85. The van der Waals surface area contributed by atoms with Gasteiger partial charge < -0.3 is 10.5 Å². The summed E-state index contributed by atoms with van der Waals surface area (Å²) in [5, 5.41) is 2.62. The number of rotatable bonds is 2. The number of nitrogens with two attached hydrogens (primary N) is 1. The zero-order chi connectivity index (χ0) is 12.7. The first-order valence-corrected chi connectivity index (χ1v) is 5.81. The molecule has 2 nitrogen and oxygen atoms in total. The van der Waals surface area contributed by atoms with Gasteiger partial charge in [0, 0.05) is 6.04 Å². The predicted molar refractivity (Wildman–Crippen MR) is 73.0 cm³/mol. The van der Waals surface area contributed by atoms with Crippen LogP contribution in [0.1, 0.15) is 19.4 Å². The number of aldehydes is 1. The maximum Gasteiger partial charge on any atom is 0.116 e. The second kappa shape index (κ2) is 6.81. The van der Waals surface area contributed by atoms with Crippen LogP contribution in [0.25, 0.3) is 10.8 Å². The molecule has 17 heavy (non-hydrogen) atoms. The maximum absolute atomic E-state index is 8.81. The summed E-state index contributed by atoms with van der Waals surface area (Å²) in [6.45, 7) is 3.49. The highest BCUT2D eigenvalue weighted by Crippen LogP contribution is 2.19. The maximum atomic E-state index is 8.81. The molecule has 90 valence electrons. The van der Waals surface area contributed by atoms with E-state index in [0.717, 1.165) is 12.7 Å². The van der Waals surface area contributed by atoms with Gasteiger partial charge in [-0.1, -0.05) is 42.5 Å². The summed E-state index contributed by atoms with van der Waals surface area (Å²) in [4.78, 5) is 8.81. The zero-order valence-electron chi connectivity index (χ0n) is 10.4. The third kappa shape index (κ3) is 4.00. The lowest BCUT2D eigenvalue weighted by molar-refractivity contribution is -0.106. The molecule has 2 heteroatoms. The van der Waals surface area contributed by atoms with E-state index in [-0.39, 0.29) is 6.04 Å². The highest BCUT2D eigenvalue weighted by Gasteiger charge is 2.01. The zero-order valence-corrected chi connectivity index (χ0v) is 10.4. The third-order valence-corrected chi connectivity index (χ3v) is 2.42. The van der Waals surface area contributed by atoms with Crippen molar-refractivity contribution >= 4 is 17.1 Å². The van der Waals surface area contributed by atoms with Gasteiger partial charge in [0.2, 0.25) is 0 Å². The van der Waals surface area contributed by atoms with E-state index in [9.17, 15) is 0 Å². The molecule has 2 aromatic carbocycles. The minimum absolute atomic E-state index is 0.223. The summed E-state index contributed by atoms with van der Waals surface area (Å²) < 4.78 is 0. The number of fused-ring (bicyclic) bond motifs is 1. The quantitative estimate of drug-likeness (QED) is 0.804. The van der Waals surface area contributed by atoms with Crippen LogP contribution in [0.15, 0.2) is 42.5 Å². The van der Waals surface area contributed by atoms with Crippen LogP contribution in [0, 0.1) is 0 Å². The first kappa shape index (κ1) is 13.4. The van der Waals surface area contributed by atoms with Crippen molar-refractivity contribution in [3.05, 3.63) is 48.0 Å². The van der Waals surface area contributed by atoms with Gasteiger partial charge in [-0.15, -0.1) is 0 Å². The van der Waals surface area contributed by atoms with Crippen LogP contribution in [0.2, 0.25) is 0 Å². The second-order valence-electron chi connectivity index (χ2n) is 4.06. The summed E-state index contributed by atoms with van der Waals surface area (Å²) in [5.74, 6) is 0. The Balaban J connectivity index is 0.000000437. The van der Waals surface area contributed by atoms with Crippen LogP contribution in [0.5, 0.6) is 0 Å². The van der Waals surface area contributed by atoms with Crippen molar-refractivity contribution in [2.75, 3.05) is 0 Å². The first-order valence-electron chi connectivity index (χ1n) is 5.81. The molecule has 0 radical (unpaired) electrons. The molecule has 0 heterocycles. The van der Waals surface area contributed by atoms with E-state index in [4.69, 9.17) is 10.5 Å². The molecule has 2 N–H and O–H groups in total. The van der Waals surface area contributed by atoms with E-state index in [0.29, 0.717) is 0 Å². The van der Waals surface area contributed by atoms with E-state index in [1.807, 2.05) is 6.92 Å². The normalized spacial score (nSPS) is 11.5. The number of hydrogen-bond acceptors (Lipinski definition) is 2. The van der Waals surface area contributed by atoms with Crippen molar-refractivity contribution < 1.29 is 4.79 Å². The van der Waals surface area contributed by atoms with Crippen molar-refractivity contribution in [1.82, 2.24) is 0 Å². The van der Waals surface area contributed by atoms with Gasteiger partial charge in [-0.25, -0.2) is 0 Å². The Labute approximate surface area is 102 Å². The van der Waals surface area contributed by atoms with E-state index in [2.05, 4.69) is 42.5 Å². The van der Waals surface area contributed by atoms with Gasteiger partial charge >= 0.3 is 0 Å². The van der Waals surface area contributed by atoms with Crippen molar-refractivity contribution in [3.8, 4) is 0 Å². The van der Waals surface area contributed by atoms with Gasteiger partial charge in [-0.05, 0) is 36.6 Å². The molecule has 2 rings (SSSR count). The molecule has 1 unspecified atom stereocenters. The highest BCUT2D eigenvalue weighted by atomic mass is 16.1. The van der Waals surface area contributed by atoms with Gasteiger partial charge in [0.05, 0.1) is 0 Å². The molecule has 0 fully saturated rings. The molecule has 0 aliphatic heterocycles. The number of carbonyl (C=O) groups excluding carboxylic acids is 1. The Hall–Kier alpha value is -1.67. The number of carbonyl (C=O) groups is 1. The summed E-state index contributed by atoms with van der Waals surface area (Å²) in [5.41, 5.74) is 7.16. The van der Waals surface area contributed by atoms with Crippen LogP contribution in [-0.2, 0) is 11.2 Å². The minimum atomic E-state index is 0.223. The molecule has 0 aliphatic rings. The molecule has 0 saturated carbocycles. The van der Waals surface area contributed by atoms with Crippen LogP contribution >= 0.6 is 0 Å². The largest absolute Gasteiger partial charge is 0.328 e. The summed E-state index contributed by atoms with van der Waals surface area (Å²) >= 11 is 0. The van der Waals surface area contributed by atoms with Gasteiger partial charge in [-0.3, -0.25) is 0 Å². The van der Waals surface area contributed by atoms with E-state index in [1.165, 1.54) is 23.3 Å². The van der Waals surface area contributed by atoms with Crippen molar-refractivity contribution in [2.24, 2.45) is 5.73 Å². The average molecular weight is 229 g/mol. The summed E-state index contributed by atoms with van der Waals surface area (Å²) in [6, 6.07) is 15.1. The molecule has 0 amide bonds. The summed E-state index contributed by atoms with van der Waals surface area (Å²) in [7, 11) is 0. The Morgan fingerprint density at radius 1 is 1.18 bits per heavy atom. The molecule has 0 saturated heterocycles. The van der Waals surface area contributed by atoms with Crippen molar-refractivity contribution in [1.29, 1.82) is 0 Å². The molecule has 0 aliphatic carbocycles. The van der Waals surface area contributed by atoms with Crippen molar-refractivity contribution in [2.45, 2.75) is 26.3 Å². The summed E-state index contributed by atoms with van der Waals surface area (Å²) in [6.07, 6.45) is 1.70. The first-order chi connectivity index (χ1) is 8.19. The van der Waals surface area contributed by atoms with Gasteiger partial charge in [0.15, 0.2) is 0 Å². The van der Waals surface area contributed by atoms with Crippen LogP contribution in [0.3, 0.4) is 0 Å². The lowest BCUT2D eigenvalue weighted by atomic mass is 10.00. The lowest BCUT2D eigenvalue weighted by Crippen LogP contribution is -2.17. The van der Waals surface area contributed by atoms with Crippen LogP contribution < -0.4 is 5.73 Å². The van der Waals surface area contributed by atoms with Crippen molar-refractivity contribution in [3.63, 3.8) is 0 Å². The molecule has 0 spiro atoms. The Morgan fingerprint density at radius 2 is 1.76 bits per heavy atom. The predicted octanol–water partition coefficient (Wildman–Crippen LogP) is 2.93. The van der Waals surface area contributed by atoms with E-state index in [1.54, 1.807) is 0 Å². The third-order valence-electron chi connectivity index (χ3n) is 2.42. The standard InChI is InChI=1S/C13H15N.C2H4O/c1-10(14)9-12-7-4-6-11-5-2-3-8-13(11)12;1-2-3/h2-8,10H,9,14H2,1H3;2H,1H3. The second-order valence-corrected chi connectivity index (χ2v) is 4.06. The molecule has 0 aromatic heterocycles. The molecular formula is C15H19NO. The van der Waals surface area contributed by atoms with Gasteiger partial charge in [-0.2, -0.15) is 0 Å². The van der Waals surface area contributed by atoms with Crippen LogP contribution in [0.4, 0.5) is 0 Å². The number of hydrogen-bond donors (Lipinski definition) is 1. The Kier molecular flexibility index (Phi) is 5.37. The molecular weight excluding hydrogens is 210 g/mol. The molecule has 0 bridgehead atoms. The van der Waals surface area contributed by atoms with E-state index >= 15 is 0 Å². The monoisotopic (exact) mass is 229 g/mol. The fourth-order valence-corrected chi connectivity index (χ4v) is 1.82. The average Bonchev–Trinajstić information content (AvgIpc) is 2.30. The fourth-order valence-electron chi connectivity index (χ4n) is 1.82. The van der Waals surface area contributed by atoms with Crippen LogP contribution in [-0.4, -0.2) is 12.3 Å². The topological polar surface area (TPSA) is 43.1 Å². The molecule has 1 atom stereocenters. The fraction of sp³-hybridized carbons (Fsp3) is 0.267. The van der Waals surface area contributed by atoms with Gasteiger partial charge in [0.25, 0.3) is 0 Å². The smallest absolute Gasteiger partial charge is 0.116 e. The Bertz CT molecular complexity index is 472. The van der Waals surface area contributed by atoms with E-state index < -0.39 is 0 Å². The molecule has 2 aromatic rings. The number of benzene rings is 2. The van der Waals surface area contributed by atoms with Gasteiger partial charge in [0.1, 0.15) is 6.29 Å².